The molecule has 0 amide bonds. The van der Waals surface area contributed by atoms with Crippen LogP contribution < -0.4 is 5.32 Å². The average molecular weight is 309 g/mol. The Morgan fingerprint density at radius 2 is 1.95 bits per heavy atom. The highest BCUT2D eigenvalue weighted by Crippen LogP contribution is 2.42. The fraction of sp³-hybridized carbons (Fsp3) is 0.833. The second-order valence-corrected chi connectivity index (χ2v) is 8.88. The van der Waals surface area contributed by atoms with Crippen molar-refractivity contribution in [3.63, 3.8) is 0 Å². The van der Waals surface area contributed by atoms with Gasteiger partial charge in [-0.05, 0) is 45.4 Å². The molecule has 1 heterocycles. The molecule has 0 saturated heterocycles. The molecule has 21 heavy (non-hydrogen) atoms. The SMILES string of the molecule is CCC1CCC(NC(C)C)(c2nc(C(C)(C)C)cs2)CC1. The lowest BCUT2D eigenvalue weighted by Crippen LogP contribution is -2.48. The Hall–Kier alpha value is -0.410. The van der Waals surface area contributed by atoms with Crippen LogP contribution in [0, 0.1) is 5.92 Å². The summed E-state index contributed by atoms with van der Waals surface area (Å²) in [4.78, 5) is 5.04. The summed E-state index contributed by atoms with van der Waals surface area (Å²) in [6.45, 7) is 13.6. The normalized spacial score (nSPS) is 27.3. The van der Waals surface area contributed by atoms with Crippen molar-refractivity contribution >= 4 is 11.3 Å². The fourth-order valence-corrected chi connectivity index (χ4v) is 4.66. The van der Waals surface area contributed by atoms with E-state index in [1.165, 1.54) is 42.8 Å². The Morgan fingerprint density at radius 3 is 2.38 bits per heavy atom. The van der Waals surface area contributed by atoms with Gasteiger partial charge in [-0.2, -0.15) is 0 Å². The predicted octanol–water partition coefficient (Wildman–Crippen LogP) is 5.23. The van der Waals surface area contributed by atoms with Gasteiger partial charge in [0.15, 0.2) is 0 Å². The van der Waals surface area contributed by atoms with E-state index < -0.39 is 0 Å². The lowest BCUT2D eigenvalue weighted by molar-refractivity contribution is 0.173. The minimum atomic E-state index is 0.119. The zero-order chi connectivity index (χ0) is 15.7. The maximum atomic E-state index is 5.04. The molecule has 2 nitrogen and oxygen atoms in total. The number of thiazole rings is 1. The molecule has 1 aromatic rings. The lowest BCUT2D eigenvalue weighted by Gasteiger charge is -2.41. The van der Waals surface area contributed by atoms with Gasteiger partial charge in [-0.25, -0.2) is 4.98 Å². The molecule has 1 N–H and O–H groups in total. The Bertz CT molecular complexity index is 448. The number of nitrogens with zero attached hydrogens (tertiary/aromatic N) is 1. The van der Waals surface area contributed by atoms with Crippen LogP contribution in [0.3, 0.4) is 0 Å². The molecule has 1 saturated carbocycles. The molecule has 1 aromatic heterocycles. The standard InChI is InChI=1S/C18H32N2S/c1-7-14-8-10-18(11-9-14,20-13(2)3)16-19-15(12-21-16)17(4,5)6/h12-14,20H,7-11H2,1-6H3. The summed E-state index contributed by atoms with van der Waals surface area (Å²) in [6.07, 6.45) is 6.46. The van der Waals surface area contributed by atoms with Crippen LogP contribution in [-0.2, 0) is 11.0 Å². The minimum Gasteiger partial charge on any atom is -0.303 e. The zero-order valence-corrected chi connectivity index (χ0v) is 15.4. The van der Waals surface area contributed by atoms with Crippen molar-refractivity contribution in [3.8, 4) is 0 Å². The summed E-state index contributed by atoms with van der Waals surface area (Å²) in [5.74, 6) is 0.911. The van der Waals surface area contributed by atoms with E-state index in [1.807, 2.05) is 11.3 Å². The van der Waals surface area contributed by atoms with Crippen molar-refractivity contribution in [1.82, 2.24) is 10.3 Å². The molecule has 0 radical (unpaired) electrons. The maximum Gasteiger partial charge on any atom is 0.113 e. The summed E-state index contributed by atoms with van der Waals surface area (Å²) in [7, 11) is 0. The molecule has 120 valence electrons. The fourth-order valence-electron chi connectivity index (χ4n) is 3.39. The monoisotopic (exact) mass is 308 g/mol. The number of aromatic nitrogens is 1. The van der Waals surface area contributed by atoms with Crippen molar-refractivity contribution < 1.29 is 0 Å². The van der Waals surface area contributed by atoms with Gasteiger partial charge in [0.05, 0.1) is 11.2 Å². The predicted molar refractivity (Wildman–Crippen MR) is 93.0 cm³/mol. The van der Waals surface area contributed by atoms with Gasteiger partial charge in [0, 0.05) is 16.8 Å². The molecule has 1 fully saturated rings. The summed E-state index contributed by atoms with van der Waals surface area (Å²) < 4.78 is 0. The lowest BCUT2D eigenvalue weighted by atomic mass is 9.75. The highest BCUT2D eigenvalue weighted by molar-refractivity contribution is 7.09. The highest BCUT2D eigenvalue weighted by Gasteiger charge is 2.39. The molecule has 3 heteroatoms. The van der Waals surface area contributed by atoms with Gasteiger partial charge in [0.1, 0.15) is 5.01 Å². The molecule has 0 unspecified atom stereocenters. The van der Waals surface area contributed by atoms with Gasteiger partial charge in [0.2, 0.25) is 0 Å². The Morgan fingerprint density at radius 1 is 1.33 bits per heavy atom. The van der Waals surface area contributed by atoms with E-state index in [4.69, 9.17) is 4.98 Å². The average Bonchev–Trinajstić information content (AvgIpc) is 2.89. The molecule has 1 aliphatic rings. The van der Waals surface area contributed by atoms with E-state index in [9.17, 15) is 0 Å². The van der Waals surface area contributed by atoms with E-state index in [0.717, 1.165) is 5.92 Å². The minimum absolute atomic E-state index is 0.119. The zero-order valence-electron chi connectivity index (χ0n) is 14.6. The van der Waals surface area contributed by atoms with Gasteiger partial charge in [-0.3, -0.25) is 0 Å². The summed E-state index contributed by atoms with van der Waals surface area (Å²) in [5.41, 5.74) is 1.51. The molecule has 2 rings (SSSR count). The van der Waals surface area contributed by atoms with E-state index >= 15 is 0 Å². The van der Waals surface area contributed by atoms with E-state index in [0.29, 0.717) is 6.04 Å². The smallest absolute Gasteiger partial charge is 0.113 e. The second kappa shape index (κ2) is 6.37. The van der Waals surface area contributed by atoms with Crippen LogP contribution >= 0.6 is 11.3 Å². The van der Waals surface area contributed by atoms with Crippen LogP contribution in [0.5, 0.6) is 0 Å². The van der Waals surface area contributed by atoms with Crippen LogP contribution in [0.2, 0.25) is 0 Å². The largest absolute Gasteiger partial charge is 0.303 e. The van der Waals surface area contributed by atoms with Crippen molar-refractivity contribution in [2.24, 2.45) is 5.92 Å². The third-order valence-corrected chi connectivity index (χ3v) is 5.83. The topological polar surface area (TPSA) is 24.9 Å². The number of rotatable bonds is 4. The van der Waals surface area contributed by atoms with Crippen molar-refractivity contribution in [1.29, 1.82) is 0 Å². The first-order valence-corrected chi connectivity index (χ1v) is 9.39. The van der Waals surface area contributed by atoms with Crippen LogP contribution in [0.25, 0.3) is 0 Å². The first-order valence-electron chi connectivity index (χ1n) is 8.51. The first-order chi connectivity index (χ1) is 9.77. The van der Waals surface area contributed by atoms with Crippen LogP contribution in [0.4, 0.5) is 0 Å². The maximum absolute atomic E-state index is 5.04. The second-order valence-electron chi connectivity index (χ2n) is 8.02. The van der Waals surface area contributed by atoms with Gasteiger partial charge < -0.3 is 5.32 Å². The quantitative estimate of drug-likeness (QED) is 0.823. The number of hydrogen-bond acceptors (Lipinski definition) is 3. The summed E-state index contributed by atoms with van der Waals surface area (Å²) in [5, 5.41) is 7.45. The van der Waals surface area contributed by atoms with Crippen LogP contribution in [-0.4, -0.2) is 11.0 Å². The molecular weight excluding hydrogens is 276 g/mol. The van der Waals surface area contributed by atoms with Crippen LogP contribution in [0.15, 0.2) is 5.38 Å². The van der Waals surface area contributed by atoms with E-state index in [1.54, 1.807) is 0 Å². The Balaban J connectivity index is 2.26. The third kappa shape index (κ3) is 3.87. The van der Waals surface area contributed by atoms with E-state index in [2.05, 4.69) is 52.2 Å². The van der Waals surface area contributed by atoms with Crippen molar-refractivity contribution in [3.05, 3.63) is 16.1 Å². The van der Waals surface area contributed by atoms with Crippen molar-refractivity contribution in [2.45, 2.75) is 90.6 Å². The first kappa shape index (κ1) is 17.0. The number of nitrogens with one attached hydrogen (secondary N) is 1. The van der Waals surface area contributed by atoms with Crippen LogP contribution in [0.1, 0.15) is 84.3 Å². The van der Waals surface area contributed by atoms with Gasteiger partial charge in [0.25, 0.3) is 0 Å². The molecule has 0 atom stereocenters. The summed E-state index contributed by atoms with van der Waals surface area (Å²) in [6, 6.07) is 0.505. The Labute approximate surface area is 134 Å². The summed E-state index contributed by atoms with van der Waals surface area (Å²) >= 11 is 1.86. The molecule has 0 spiro atoms. The van der Waals surface area contributed by atoms with Gasteiger partial charge in [-0.15, -0.1) is 11.3 Å². The third-order valence-electron chi connectivity index (χ3n) is 4.78. The highest BCUT2D eigenvalue weighted by atomic mass is 32.1. The molecule has 1 aliphatic carbocycles. The van der Waals surface area contributed by atoms with E-state index in [-0.39, 0.29) is 11.0 Å². The van der Waals surface area contributed by atoms with Crippen molar-refractivity contribution in [2.75, 3.05) is 0 Å². The molecule has 0 aliphatic heterocycles. The van der Waals surface area contributed by atoms with Gasteiger partial charge >= 0.3 is 0 Å². The van der Waals surface area contributed by atoms with Gasteiger partial charge in [-0.1, -0.05) is 34.1 Å². The molecule has 0 bridgehead atoms. The molecular formula is C18H32N2S. The number of hydrogen-bond donors (Lipinski definition) is 1. The molecule has 0 aromatic carbocycles. The Kier molecular flexibility index (Phi) is 5.15.